The van der Waals surface area contributed by atoms with E-state index in [2.05, 4.69) is 21.5 Å². The molecule has 0 aliphatic rings. The number of rotatable bonds is 8. The van der Waals surface area contributed by atoms with Crippen LogP contribution in [-0.4, -0.2) is 73.9 Å². The quantitative estimate of drug-likeness (QED) is 0.619. The van der Waals surface area contributed by atoms with Crippen LogP contribution in [0.5, 0.6) is 0 Å². The fourth-order valence-electron chi connectivity index (χ4n) is 1.65. The van der Waals surface area contributed by atoms with Gasteiger partial charge in [-0.1, -0.05) is 6.92 Å². The highest BCUT2D eigenvalue weighted by Gasteiger charge is 2.33. The monoisotopic (exact) mass is 246 g/mol. The molecule has 0 aliphatic carbocycles. The van der Waals surface area contributed by atoms with E-state index < -0.39 is 11.6 Å². The first kappa shape index (κ1) is 16.4. The van der Waals surface area contributed by atoms with Crippen LogP contribution >= 0.6 is 0 Å². The molecule has 0 bridgehead atoms. The average Bonchev–Trinajstić information content (AvgIpc) is 2.24. The second-order valence-corrected chi connectivity index (χ2v) is 4.84. The Bertz CT molecular complexity index is 230. The number of carbonyl (C=O) groups is 1. The maximum Gasteiger partial charge on any atom is 0.338 e. The molecule has 0 aromatic carbocycles. The van der Waals surface area contributed by atoms with Crippen LogP contribution < -0.4 is 0 Å². The van der Waals surface area contributed by atoms with Gasteiger partial charge in [-0.3, -0.25) is 4.90 Å². The summed E-state index contributed by atoms with van der Waals surface area (Å²) in [7, 11) is 5.30. The van der Waals surface area contributed by atoms with Crippen molar-refractivity contribution in [2.24, 2.45) is 0 Å². The van der Waals surface area contributed by atoms with Crippen LogP contribution in [-0.2, 0) is 9.53 Å². The van der Waals surface area contributed by atoms with E-state index in [1.165, 1.54) is 14.0 Å². The van der Waals surface area contributed by atoms with E-state index in [-0.39, 0.29) is 0 Å². The molecule has 0 rings (SSSR count). The molecule has 1 atom stereocenters. The van der Waals surface area contributed by atoms with E-state index in [0.29, 0.717) is 6.54 Å². The zero-order valence-electron chi connectivity index (χ0n) is 11.7. The first-order chi connectivity index (χ1) is 7.83. The minimum Gasteiger partial charge on any atom is -0.467 e. The van der Waals surface area contributed by atoms with Gasteiger partial charge in [0.1, 0.15) is 0 Å². The molecule has 0 aromatic heterocycles. The number of likely N-dealkylation sites (N-methyl/N-ethyl adjacent to an activating group) is 1. The van der Waals surface area contributed by atoms with E-state index in [4.69, 9.17) is 0 Å². The zero-order chi connectivity index (χ0) is 13.5. The Labute approximate surface area is 104 Å². The topological polar surface area (TPSA) is 53.0 Å². The van der Waals surface area contributed by atoms with Crippen molar-refractivity contribution in [1.29, 1.82) is 0 Å². The van der Waals surface area contributed by atoms with E-state index in [1.54, 1.807) is 0 Å². The van der Waals surface area contributed by atoms with Crippen LogP contribution in [0.3, 0.4) is 0 Å². The van der Waals surface area contributed by atoms with Crippen molar-refractivity contribution in [3.8, 4) is 0 Å². The van der Waals surface area contributed by atoms with Crippen LogP contribution in [0.4, 0.5) is 0 Å². The molecule has 1 N–H and O–H groups in total. The third-order valence-electron chi connectivity index (χ3n) is 2.56. The summed E-state index contributed by atoms with van der Waals surface area (Å²) < 4.78 is 4.59. The number of ether oxygens (including phenoxy) is 1. The SMILES string of the molecule is CCCN(CCN(C)C)CC(C)(O)C(=O)OC. The lowest BCUT2D eigenvalue weighted by Gasteiger charge is -2.30. The third kappa shape index (κ3) is 6.61. The van der Waals surface area contributed by atoms with Gasteiger partial charge in [0.25, 0.3) is 0 Å². The van der Waals surface area contributed by atoms with Crippen LogP contribution in [0.1, 0.15) is 20.3 Å². The average molecular weight is 246 g/mol. The lowest BCUT2D eigenvalue weighted by molar-refractivity contribution is -0.162. The zero-order valence-corrected chi connectivity index (χ0v) is 11.7. The van der Waals surface area contributed by atoms with Crippen LogP contribution in [0.15, 0.2) is 0 Å². The fourth-order valence-corrected chi connectivity index (χ4v) is 1.65. The van der Waals surface area contributed by atoms with Gasteiger partial charge in [0.15, 0.2) is 5.60 Å². The van der Waals surface area contributed by atoms with Crippen molar-refractivity contribution in [3.63, 3.8) is 0 Å². The molecule has 0 radical (unpaired) electrons. The molecule has 0 spiro atoms. The highest BCUT2D eigenvalue weighted by atomic mass is 16.5. The van der Waals surface area contributed by atoms with Gasteiger partial charge >= 0.3 is 5.97 Å². The van der Waals surface area contributed by atoms with Crippen LogP contribution in [0, 0.1) is 0 Å². The molecule has 0 amide bonds. The van der Waals surface area contributed by atoms with Crippen molar-refractivity contribution in [3.05, 3.63) is 0 Å². The predicted molar refractivity (Wildman–Crippen MR) is 67.9 cm³/mol. The van der Waals surface area contributed by atoms with E-state index in [1.807, 2.05) is 14.1 Å². The Morgan fingerprint density at radius 3 is 2.29 bits per heavy atom. The number of carbonyl (C=O) groups excluding carboxylic acids is 1. The summed E-state index contributed by atoms with van der Waals surface area (Å²) in [6.45, 7) is 6.47. The standard InChI is InChI=1S/C12H26N2O3/c1-6-7-14(9-8-13(3)4)10-12(2,16)11(15)17-5/h16H,6-10H2,1-5H3. The Morgan fingerprint density at radius 2 is 1.88 bits per heavy atom. The maximum atomic E-state index is 11.4. The molecular formula is C12H26N2O3. The Kier molecular flexibility index (Phi) is 7.34. The number of hydrogen-bond donors (Lipinski definition) is 1. The van der Waals surface area contributed by atoms with E-state index in [0.717, 1.165) is 26.1 Å². The molecule has 102 valence electrons. The van der Waals surface area contributed by atoms with Crippen molar-refractivity contribution in [1.82, 2.24) is 9.80 Å². The normalized spacial score (nSPS) is 15.1. The second-order valence-electron chi connectivity index (χ2n) is 4.84. The Hall–Kier alpha value is -0.650. The highest BCUT2D eigenvalue weighted by Crippen LogP contribution is 2.09. The summed E-state index contributed by atoms with van der Waals surface area (Å²) in [5.74, 6) is -0.580. The summed E-state index contributed by atoms with van der Waals surface area (Å²) in [5, 5.41) is 10.0. The van der Waals surface area contributed by atoms with Gasteiger partial charge in [-0.05, 0) is 34.0 Å². The molecule has 0 heterocycles. The minimum absolute atomic E-state index is 0.307. The van der Waals surface area contributed by atoms with Crippen LogP contribution in [0.25, 0.3) is 0 Å². The summed E-state index contributed by atoms with van der Waals surface area (Å²) in [6.07, 6.45) is 0.991. The van der Waals surface area contributed by atoms with Crippen LogP contribution in [0.2, 0.25) is 0 Å². The lowest BCUT2D eigenvalue weighted by atomic mass is 10.1. The number of aliphatic hydroxyl groups is 1. The summed E-state index contributed by atoms with van der Waals surface area (Å²) >= 11 is 0. The molecule has 0 saturated heterocycles. The lowest BCUT2D eigenvalue weighted by Crippen LogP contribution is -2.49. The number of nitrogens with zero attached hydrogens (tertiary/aromatic N) is 2. The minimum atomic E-state index is -1.43. The molecule has 0 aromatic rings. The van der Waals surface area contributed by atoms with Gasteiger partial charge in [-0.15, -0.1) is 0 Å². The second kappa shape index (κ2) is 7.63. The fraction of sp³-hybridized carbons (Fsp3) is 0.917. The van der Waals surface area contributed by atoms with Gasteiger partial charge in [0.2, 0.25) is 0 Å². The smallest absolute Gasteiger partial charge is 0.338 e. The van der Waals surface area contributed by atoms with Gasteiger partial charge < -0.3 is 14.7 Å². The van der Waals surface area contributed by atoms with Gasteiger partial charge in [0.05, 0.1) is 7.11 Å². The predicted octanol–water partition coefficient (Wildman–Crippen LogP) is 0.184. The Morgan fingerprint density at radius 1 is 1.29 bits per heavy atom. The third-order valence-corrected chi connectivity index (χ3v) is 2.56. The van der Waals surface area contributed by atoms with Crippen molar-refractivity contribution < 1.29 is 14.6 Å². The van der Waals surface area contributed by atoms with Gasteiger partial charge in [-0.25, -0.2) is 4.79 Å². The first-order valence-corrected chi connectivity index (χ1v) is 6.01. The molecule has 5 nitrogen and oxygen atoms in total. The van der Waals surface area contributed by atoms with Crippen molar-refractivity contribution >= 4 is 5.97 Å². The molecule has 17 heavy (non-hydrogen) atoms. The number of methoxy groups -OCH3 is 1. The van der Waals surface area contributed by atoms with Gasteiger partial charge in [0, 0.05) is 19.6 Å². The van der Waals surface area contributed by atoms with Gasteiger partial charge in [-0.2, -0.15) is 0 Å². The Balaban J connectivity index is 4.36. The van der Waals surface area contributed by atoms with E-state index >= 15 is 0 Å². The van der Waals surface area contributed by atoms with E-state index in [9.17, 15) is 9.90 Å². The van der Waals surface area contributed by atoms with Crippen molar-refractivity contribution in [2.75, 3.05) is 47.4 Å². The largest absolute Gasteiger partial charge is 0.467 e. The molecule has 1 unspecified atom stereocenters. The van der Waals surface area contributed by atoms with Crippen molar-refractivity contribution in [2.45, 2.75) is 25.9 Å². The molecule has 0 saturated carbocycles. The highest BCUT2D eigenvalue weighted by molar-refractivity contribution is 5.78. The number of hydrogen-bond acceptors (Lipinski definition) is 5. The molecule has 0 aliphatic heterocycles. The summed E-state index contributed by atoms with van der Waals surface area (Å²) in [4.78, 5) is 15.6. The molecule has 5 heteroatoms. The number of esters is 1. The summed E-state index contributed by atoms with van der Waals surface area (Å²) in [5.41, 5.74) is -1.43. The molecule has 0 fully saturated rings. The molecular weight excluding hydrogens is 220 g/mol. The summed E-state index contributed by atoms with van der Waals surface area (Å²) in [6, 6.07) is 0. The maximum absolute atomic E-state index is 11.4. The first-order valence-electron chi connectivity index (χ1n) is 6.01.